The zero-order valence-corrected chi connectivity index (χ0v) is 12.5. The van der Waals surface area contributed by atoms with Crippen molar-refractivity contribution in [1.82, 2.24) is 15.0 Å². The number of nitrogens with zero attached hydrogens (tertiary/aromatic N) is 5. The van der Waals surface area contributed by atoms with Crippen LogP contribution in [0.15, 0.2) is 0 Å². The van der Waals surface area contributed by atoms with Crippen LogP contribution in [0.5, 0.6) is 0 Å². The summed E-state index contributed by atoms with van der Waals surface area (Å²) in [5.41, 5.74) is 2.49. The van der Waals surface area contributed by atoms with Crippen LogP contribution in [0.3, 0.4) is 0 Å². The van der Waals surface area contributed by atoms with E-state index < -0.39 is 10.8 Å². The summed E-state index contributed by atoms with van der Waals surface area (Å²) in [6.45, 7) is 4.19. The summed E-state index contributed by atoms with van der Waals surface area (Å²) in [5.74, 6) is 8.26. The van der Waals surface area contributed by atoms with Gasteiger partial charge in [-0.25, -0.2) is 5.84 Å². The van der Waals surface area contributed by atoms with Crippen molar-refractivity contribution in [2.75, 3.05) is 66.1 Å². The zero-order chi connectivity index (χ0) is 14.7. The van der Waals surface area contributed by atoms with E-state index in [0.717, 1.165) is 13.1 Å². The minimum atomic E-state index is -0.732. The van der Waals surface area contributed by atoms with Crippen LogP contribution < -0.4 is 21.1 Å². The van der Waals surface area contributed by atoms with E-state index in [4.69, 9.17) is 10.6 Å². The molecule has 3 rings (SSSR count). The highest BCUT2D eigenvalue weighted by Gasteiger charge is 2.21. The Bertz CT molecular complexity index is 513. The number of nitrogens with one attached hydrogen (secondary N) is 1. The van der Waals surface area contributed by atoms with Crippen molar-refractivity contribution in [1.29, 1.82) is 0 Å². The van der Waals surface area contributed by atoms with Gasteiger partial charge in [0.2, 0.25) is 17.8 Å². The van der Waals surface area contributed by atoms with E-state index >= 15 is 0 Å². The van der Waals surface area contributed by atoms with Gasteiger partial charge >= 0.3 is 0 Å². The van der Waals surface area contributed by atoms with E-state index in [9.17, 15) is 4.21 Å². The maximum atomic E-state index is 11.5. The molecule has 0 aliphatic carbocycles. The lowest BCUT2D eigenvalue weighted by molar-refractivity contribution is 0.122. The van der Waals surface area contributed by atoms with Crippen molar-refractivity contribution in [2.24, 2.45) is 5.84 Å². The molecular weight excluding hydrogens is 294 g/mol. The molecule has 0 unspecified atom stereocenters. The maximum absolute atomic E-state index is 11.5. The fourth-order valence-electron chi connectivity index (χ4n) is 2.30. The number of hydrazine groups is 1. The van der Waals surface area contributed by atoms with Crippen LogP contribution in [0.25, 0.3) is 0 Å². The van der Waals surface area contributed by atoms with Gasteiger partial charge in [0, 0.05) is 48.5 Å². The third-order valence-electron chi connectivity index (χ3n) is 3.50. The van der Waals surface area contributed by atoms with Crippen molar-refractivity contribution in [3.05, 3.63) is 0 Å². The van der Waals surface area contributed by atoms with Crippen molar-refractivity contribution in [3.8, 4) is 0 Å². The molecule has 1 aromatic heterocycles. The first kappa shape index (κ1) is 14.4. The van der Waals surface area contributed by atoms with Gasteiger partial charge in [-0.05, 0) is 0 Å². The van der Waals surface area contributed by atoms with Crippen molar-refractivity contribution >= 4 is 28.6 Å². The summed E-state index contributed by atoms with van der Waals surface area (Å²) >= 11 is 0. The van der Waals surface area contributed by atoms with Gasteiger partial charge in [-0.15, -0.1) is 0 Å². The third kappa shape index (κ3) is 3.39. The molecule has 0 aromatic carbocycles. The third-order valence-corrected chi connectivity index (χ3v) is 4.77. The Morgan fingerprint density at radius 3 is 2.14 bits per heavy atom. The number of morpholine rings is 1. The van der Waals surface area contributed by atoms with Gasteiger partial charge in [0.25, 0.3) is 0 Å². The molecule has 0 saturated carbocycles. The van der Waals surface area contributed by atoms with Crippen LogP contribution in [-0.2, 0) is 15.5 Å². The molecule has 2 aliphatic rings. The van der Waals surface area contributed by atoms with Gasteiger partial charge in [0.15, 0.2) is 0 Å². The number of aromatic nitrogens is 3. The van der Waals surface area contributed by atoms with Gasteiger partial charge in [-0.1, -0.05) is 0 Å². The number of nitrogen functional groups attached to an aromatic ring is 1. The summed E-state index contributed by atoms with van der Waals surface area (Å²) in [6, 6.07) is 0. The average molecular weight is 313 g/mol. The summed E-state index contributed by atoms with van der Waals surface area (Å²) in [4.78, 5) is 17.2. The lowest BCUT2D eigenvalue weighted by Gasteiger charge is -2.29. The topological polar surface area (TPSA) is 109 Å². The number of ether oxygens (including phenoxy) is 1. The Hall–Kier alpha value is -1.52. The molecule has 116 valence electrons. The monoisotopic (exact) mass is 313 g/mol. The molecule has 1 aromatic rings. The Kier molecular flexibility index (Phi) is 4.46. The van der Waals surface area contributed by atoms with Gasteiger partial charge < -0.3 is 14.5 Å². The van der Waals surface area contributed by atoms with Crippen LogP contribution in [0, 0.1) is 0 Å². The van der Waals surface area contributed by atoms with Gasteiger partial charge in [0.1, 0.15) is 0 Å². The molecule has 2 fully saturated rings. The Labute approximate surface area is 125 Å². The molecule has 9 nitrogen and oxygen atoms in total. The summed E-state index contributed by atoms with van der Waals surface area (Å²) in [5, 5.41) is 0. The smallest absolute Gasteiger partial charge is 0.243 e. The summed E-state index contributed by atoms with van der Waals surface area (Å²) in [6.07, 6.45) is 0. The summed E-state index contributed by atoms with van der Waals surface area (Å²) in [7, 11) is -0.732. The second-order valence-electron chi connectivity index (χ2n) is 4.84. The molecule has 10 heteroatoms. The average Bonchev–Trinajstić information content (AvgIpc) is 2.56. The standard InChI is InChI=1S/C11H19N7O2S/c12-16-9-13-10(17-1-5-20-6-2-17)15-11(14-9)18-3-7-21(19)8-4-18/h1-8,12H2,(H,13,14,15,16). The second kappa shape index (κ2) is 6.50. The van der Waals surface area contributed by atoms with Crippen molar-refractivity contribution in [2.45, 2.75) is 0 Å². The van der Waals surface area contributed by atoms with Crippen LogP contribution >= 0.6 is 0 Å². The Morgan fingerprint density at radius 1 is 1.00 bits per heavy atom. The fourth-order valence-corrected chi connectivity index (χ4v) is 3.35. The van der Waals surface area contributed by atoms with E-state index in [1.54, 1.807) is 0 Å². The minimum absolute atomic E-state index is 0.341. The lowest BCUT2D eigenvalue weighted by atomic mass is 10.4. The Morgan fingerprint density at radius 2 is 1.57 bits per heavy atom. The molecule has 0 amide bonds. The molecule has 3 N–H and O–H groups in total. The van der Waals surface area contributed by atoms with E-state index in [0.29, 0.717) is 55.7 Å². The maximum Gasteiger partial charge on any atom is 0.243 e. The highest BCUT2D eigenvalue weighted by molar-refractivity contribution is 7.85. The van der Waals surface area contributed by atoms with E-state index in [1.165, 1.54) is 0 Å². The first-order chi connectivity index (χ1) is 10.3. The van der Waals surface area contributed by atoms with Gasteiger partial charge in [-0.2, -0.15) is 15.0 Å². The van der Waals surface area contributed by atoms with E-state index in [2.05, 4.69) is 25.3 Å². The molecule has 3 heterocycles. The molecule has 0 atom stereocenters. The van der Waals surface area contributed by atoms with Crippen LogP contribution in [0.2, 0.25) is 0 Å². The second-order valence-corrected chi connectivity index (χ2v) is 6.53. The van der Waals surface area contributed by atoms with Crippen molar-refractivity contribution < 1.29 is 8.95 Å². The number of nitrogens with two attached hydrogens (primary N) is 1. The molecule has 0 radical (unpaired) electrons. The normalized spacial score (nSPS) is 20.6. The van der Waals surface area contributed by atoms with Crippen LogP contribution in [0.4, 0.5) is 17.8 Å². The molecule has 2 aliphatic heterocycles. The van der Waals surface area contributed by atoms with Crippen LogP contribution in [0.1, 0.15) is 0 Å². The first-order valence-corrected chi connectivity index (χ1v) is 8.40. The number of hydrogen-bond acceptors (Lipinski definition) is 9. The molecule has 2 saturated heterocycles. The van der Waals surface area contributed by atoms with Gasteiger partial charge in [0.05, 0.1) is 13.2 Å². The van der Waals surface area contributed by atoms with E-state index in [1.807, 2.05) is 4.90 Å². The molecular formula is C11H19N7O2S. The van der Waals surface area contributed by atoms with Gasteiger partial charge in [-0.3, -0.25) is 9.63 Å². The fraction of sp³-hybridized carbons (Fsp3) is 0.727. The predicted molar refractivity (Wildman–Crippen MR) is 80.8 cm³/mol. The SMILES string of the molecule is NNc1nc(N2CCOCC2)nc(N2CCS(=O)CC2)n1. The highest BCUT2D eigenvalue weighted by atomic mass is 32.2. The highest BCUT2D eigenvalue weighted by Crippen LogP contribution is 2.18. The number of anilines is 3. The van der Waals surface area contributed by atoms with Crippen molar-refractivity contribution in [3.63, 3.8) is 0 Å². The minimum Gasteiger partial charge on any atom is -0.378 e. The predicted octanol–water partition coefficient (Wildman–Crippen LogP) is -1.44. The Balaban J connectivity index is 1.84. The largest absolute Gasteiger partial charge is 0.378 e. The van der Waals surface area contributed by atoms with E-state index in [-0.39, 0.29) is 0 Å². The lowest BCUT2D eigenvalue weighted by Crippen LogP contribution is -2.40. The zero-order valence-electron chi connectivity index (χ0n) is 11.7. The quantitative estimate of drug-likeness (QED) is 0.512. The molecule has 0 bridgehead atoms. The molecule has 21 heavy (non-hydrogen) atoms. The first-order valence-electron chi connectivity index (χ1n) is 6.91. The number of hydrogen-bond donors (Lipinski definition) is 2. The van der Waals surface area contributed by atoms with Crippen LogP contribution in [-0.4, -0.2) is 70.1 Å². The number of rotatable bonds is 3. The summed E-state index contributed by atoms with van der Waals surface area (Å²) < 4.78 is 16.8. The molecule has 0 spiro atoms.